The van der Waals surface area contributed by atoms with Crippen LogP contribution in [0.4, 0.5) is 0 Å². The third-order valence-corrected chi connectivity index (χ3v) is 6.04. The van der Waals surface area contributed by atoms with Crippen molar-refractivity contribution in [3.05, 3.63) is 57.9 Å². The van der Waals surface area contributed by atoms with Crippen molar-refractivity contribution in [1.29, 1.82) is 0 Å². The maximum atomic E-state index is 13.1. The monoisotopic (exact) mass is 440 g/mol. The molecular formula is C24H29ClN4O2. The molecule has 1 aliphatic rings. The lowest BCUT2D eigenvalue weighted by atomic mass is 10.0. The number of halogens is 1. The Morgan fingerprint density at radius 2 is 2.06 bits per heavy atom. The third kappa shape index (κ3) is 5.08. The number of piperidine rings is 1. The SMILES string of the molecule is CCc1nc2cnc(Cl)cc2c(=O)n1-c1ccc(OCCCN2CCC[C@H](C)C2)cc1. The molecule has 6 nitrogen and oxygen atoms in total. The van der Waals surface area contributed by atoms with Crippen LogP contribution >= 0.6 is 11.6 Å². The number of aryl methyl sites for hydroxylation is 1. The molecule has 0 N–H and O–H groups in total. The van der Waals surface area contributed by atoms with Gasteiger partial charge in [-0.25, -0.2) is 9.97 Å². The maximum Gasteiger partial charge on any atom is 0.266 e. The van der Waals surface area contributed by atoms with Gasteiger partial charge in [-0.2, -0.15) is 0 Å². The number of nitrogens with zero attached hydrogens (tertiary/aromatic N) is 4. The highest BCUT2D eigenvalue weighted by Gasteiger charge is 2.16. The topological polar surface area (TPSA) is 60.3 Å². The highest BCUT2D eigenvalue weighted by molar-refractivity contribution is 6.30. The molecule has 0 saturated carbocycles. The van der Waals surface area contributed by atoms with E-state index < -0.39 is 0 Å². The van der Waals surface area contributed by atoms with Gasteiger partial charge >= 0.3 is 0 Å². The second kappa shape index (κ2) is 9.79. The largest absolute Gasteiger partial charge is 0.494 e. The number of rotatable bonds is 7. The maximum absolute atomic E-state index is 13.1. The molecule has 1 aliphatic heterocycles. The predicted octanol–water partition coefficient (Wildman–Crippen LogP) is 4.50. The number of benzene rings is 1. The summed E-state index contributed by atoms with van der Waals surface area (Å²) in [6, 6.07) is 9.20. The molecule has 2 aromatic heterocycles. The standard InChI is InChI=1S/C24H29ClN4O2/c1-3-23-27-21-15-26-22(25)14-20(21)24(30)29(23)18-7-9-19(10-8-18)31-13-5-12-28-11-4-6-17(2)16-28/h7-10,14-15,17H,3-6,11-13,16H2,1-2H3/t17-/m0/s1. The Bertz CT molecular complexity index is 1100. The van der Waals surface area contributed by atoms with Gasteiger partial charge in [0.25, 0.3) is 5.56 Å². The average molecular weight is 441 g/mol. The molecule has 31 heavy (non-hydrogen) atoms. The first-order chi connectivity index (χ1) is 15.0. The summed E-state index contributed by atoms with van der Waals surface area (Å²) >= 11 is 5.99. The number of aromatic nitrogens is 3. The lowest BCUT2D eigenvalue weighted by Gasteiger charge is -2.30. The van der Waals surface area contributed by atoms with Gasteiger partial charge in [-0.1, -0.05) is 25.4 Å². The minimum atomic E-state index is -0.143. The summed E-state index contributed by atoms with van der Waals surface area (Å²) in [5.74, 6) is 2.30. The normalized spacial score (nSPS) is 17.2. The van der Waals surface area contributed by atoms with Crippen molar-refractivity contribution in [2.45, 2.75) is 39.5 Å². The van der Waals surface area contributed by atoms with E-state index in [2.05, 4.69) is 21.8 Å². The molecule has 1 aromatic carbocycles. The van der Waals surface area contributed by atoms with Crippen molar-refractivity contribution in [1.82, 2.24) is 19.4 Å². The van der Waals surface area contributed by atoms with E-state index in [4.69, 9.17) is 16.3 Å². The Morgan fingerprint density at radius 1 is 1.26 bits per heavy atom. The second-order valence-corrected chi connectivity index (χ2v) is 8.68. The van der Waals surface area contributed by atoms with Crippen LogP contribution < -0.4 is 10.3 Å². The van der Waals surface area contributed by atoms with Crippen LogP contribution in [-0.4, -0.2) is 45.7 Å². The van der Waals surface area contributed by atoms with E-state index in [1.165, 1.54) is 25.9 Å². The number of fused-ring (bicyclic) bond motifs is 1. The number of ether oxygens (including phenoxy) is 1. The van der Waals surface area contributed by atoms with Crippen LogP contribution in [0.2, 0.25) is 5.15 Å². The van der Waals surface area contributed by atoms with Gasteiger partial charge in [0.05, 0.1) is 29.4 Å². The fourth-order valence-corrected chi connectivity index (χ4v) is 4.43. The van der Waals surface area contributed by atoms with Crippen molar-refractivity contribution < 1.29 is 4.74 Å². The van der Waals surface area contributed by atoms with Crippen LogP contribution in [0.3, 0.4) is 0 Å². The molecule has 164 valence electrons. The first kappa shape index (κ1) is 21.8. The number of pyridine rings is 1. The fraction of sp³-hybridized carbons (Fsp3) is 0.458. The second-order valence-electron chi connectivity index (χ2n) is 8.29. The van der Waals surface area contributed by atoms with E-state index in [0.717, 1.165) is 30.3 Å². The van der Waals surface area contributed by atoms with E-state index >= 15 is 0 Å². The summed E-state index contributed by atoms with van der Waals surface area (Å²) in [6.07, 6.45) is 5.83. The Hall–Kier alpha value is -2.44. The molecule has 1 fully saturated rings. The summed E-state index contributed by atoms with van der Waals surface area (Å²) in [6.45, 7) is 8.48. The highest BCUT2D eigenvalue weighted by Crippen LogP contribution is 2.19. The zero-order valence-electron chi connectivity index (χ0n) is 18.2. The van der Waals surface area contributed by atoms with Gasteiger partial charge in [0.2, 0.25) is 0 Å². The minimum Gasteiger partial charge on any atom is -0.494 e. The van der Waals surface area contributed by atoms with E-state index in [9.17, 15) is 4.79 Å². The Balaban J connectivity index is 1.45. The van der Waals surface area contributed by atoms with Crippen molar-refractivity contribution in [2.24, 2.45) is 5.92 Å². The molecule has 0 aliphatic carbocycles. The van der Waals surface area contributed by atoms with Crippen LogP contribution in [0.25, 0.3) is 16.6 Å². The quantitative estimate of drug-likeness (QED) is 0.400. The Kier molecular flexibility index (Phi) is 6.88. The Morgan fingerprint density at radius 3 is 2.81 bits per heavy atom. The Labute approximate surface area is 187 Å². The van der Waals surface area contributed by atoms with Crippen LogP contribution in [0.1, 0.15) is 38.9 Å². The lowest BCUT2D eigenvalue weighted by molar-refractivity contribution is 0.170. The van der Waals surface area contributed by atoms with E-state index in [1.54, 1.807) is 16.8 Å². The first-order valence-electron chi connectivity index (χ1n) is 11.1. The summed E-state index contributed by atoms with van der Waals surface area (Å²) < 4.78 is 7.57. The van der Waals surface area contributed by atoms with E-state index in [-0.39, 0.29) is 10.7 Å². The molecule has 1 saturated heterocycles. The smallest absolute Gasteiger partial charge is 0.266 e. The summed E-state index contributed by atoms with van der Waals surface area (Å²) in [5, 5.41) is 0.745. The molecule has 4 rings (SSSR count). The third-order valence-electron chi connectivity index (χ3n) is 5.83. The molecule has 3 aromatic rings. The summed E-state index contributed by atoms with van der Waals surface area (Å²) in [7, 11) is 0. The molecule has 0 spiro atoms. The molecule has 0 amide bonds. The van der Waals surface area contributed by atoms with Gasteiger partial charge in [-0.15, -0.1) is 0 Å². The van der Waals surface area contributed by atoms with Gasteiger partial charge in [0.15, 0.2) is 0 Å². The first-order valence-corrected chi connectivity index (χ1v) is 11.5. The number of hydrogen-bond acceptors (Lipinski definition) is 5. The van der Waals surface area contributed by atoms with E-state index in [1.807, 2.05) is 31.2 Å². The van der Waals surface area contributed by atoms with Crippen molar-refractivity contribution in [2.75, 3.05) is 26.2 Å². The molecule has 1 atom stereocenters. The van der Waals surface area contributed by atoms with Crippen molar-refractivity contribution in [3.63, 3.8) is 0 Å². The number of hydrogen-bond donors (Lipinski definition) is 0. The molecular weight excluding hydrogens is 412 g/mol. The van der Waals surface area contributed by atoms with Gasteiger partial charge in [-0.05, 0) is 62.1 Å². The number of likely N-dealkylation sites (tertiary alicyclic amines) is 1. The van der Waals surface area contributed by atoms with Gasteiger partial charge in [0, 0.05) is 19.5 Å². The molecule has 0 unspecified atom stereocenters. The van der Waals surface area contributed by atoms with Crippen LogP contribution in [0.5, 0.6) is 5.75 Å². The highest BCUT2D eigenvalue weighted by atomic mass is 35.5. The van der Waals surface area contributed by atoms with Crippen LogP contribution in [0.15, 0.2) is 41.3 Å². The van der Waals surface area contributed by atoms with Gasteiger partial charge in [0.1, 0.15) is 16.7 Å². The van der Waals surface area contributed by atoms with Crippen molar-refractivity contribution >= 4 is 22.5 Å². The summed E-state index contributed by atoms with van der Waals surface area (Å²) in [5.41, 5.74) is 1.18. The predicted molar refractivity (Wildman–Crippen MR) is 124 cm³/mol. The molecule has 0 radical (unpaired) electrons. The zero-order valence-corrected chi connectivity index (χ0v) is 18.9. The molecule has 0 bridgehead atoms. The molecule has 3 heterocycles. The fourth-order valence-electron chi connectivity index (χ4n) is 4.27. The molecule has 7 heteroatoms. The summed E-state index contributed by atoms with van der Waals surface area (Å²) in [4.78, 5) is 24.3. The van der Waals surface area contributed by atoms with Crippen LogP contribution in [0, 0.1) is 5.92 Å². The minimum absolute atomic E-state index is 0.143. The zero-order chi connectivity index (χ0) is 21.8. The van der Waals surface area contributed by atoms with Gasteiger partial charge < -0.3 is 9.64 Å². The van der Waals surface area contributed by atoms with Crippen LogP contribution in [-0.2, 0) is 6.42 Å². The average Bonchev–Trinajstić information content (AvgIpc) is 2.78. The van der Waals surface area contributed by atoms with Gasteiger partial charge in [-0.3, -0.25) is 9.36 Å². The van der Waals surface area contributed by atoms with E-state index in [0.29, 0.717) is 29.8 Å². The lowest BCUT2D eigenvalue weighted by Crippen LogP contribution is -2.35. The van der Waals surface area contributed by atoms with Crippen molar-refractivity contribution in [3.8, 4) is 11.4 Å².